The summed E-state index contributed by atoms with van der Waals surface area (Å²) < 4.78 is 20.3. The molecule has 5 N–H and O–H groups in total. The zero-order chi connectivity index (χ0) is 60.1. The van der Waals surface area contributed by atoms with E-state index in [0.717, 1.165) is 22.4 Å². The van der Waals surface area contributed by atoms with Crippen molar-refractivity contribution in [3.05, 3.63) is 194 Å². The Morgan fingerprint density at radius 1 is 0.465 bits per heavy atom. The fourth-order valence-corrected chi connectivity index (χ4v) is 8.43. The van der Waals surface area contributed by atoms with Crippen LogP contribution in [0.1, 0.15) is 37.0 Å². The minimum Gasteiger partial charge on any atom is -0.495 e. The molecule has 12 heterocycles. The van der Waals surface area contributed by atoms with Gasteiger partial charge in [-0.1, -0.05) is 18.2 Å². The smallest absolute Gasteiger partial charge is 0.274 e. The van der Waals surface area contributed by atoms with Crippen LogP contribution < -0.4 is 30.2 Å². The maximum Gasteiger partial charge on any atom is 0.274 e. The average molecular weight is 1150 g/mol. The first-order chi connectivity index (χ1) is 41.8. The topological polar surface area (TPSA) is 316 Å². The van der Waals surface area contributed by atoms with Crippen LogP contribution in [-0.2, 0) is 21.1 Å². The summed E-state index contributed by atoms with van der Waals surface area (Å²) in [5.41, 5.74) is 11.4. The van der Waals surface area contributed by atoms with E-state index in [1.54, 1.807) is 210 Å². The van der Waals surface area contributed by atoms with Crippen molar-refractivity contribution in [2.45, 2.75) is 6.92 Å². The zero-order valence-corrected chi connectivity index (χ0v) is 47.3. The molecule has 430 valence electrons. The molecule has 86 heavy (non-hydrogen) atoms. The lowest BCUT2D eigenvalue weighted by Crippen LogP contribution is -2.14. The fraction of sp³-hybridized carbons (Fsp3) is 0.117. The molecule has 0 saturated carbocycles. The van der Waals surface area contributed by atoms with Crippen LogP contribution in [0.15, 0.2) is 171 Å². The van der Waals surface area contributed by atoms with E-state index in [1.165, 1.54) is 0 Å². The molecule has 26 heteroatoms. The molecule has 0 aromatic carbocycles. The number of carbonyl (C=O) groups is 3. The Labute approximate surface area is 490 Å². The Balaban J connectivity index is 0.000000143. The number of aromatic amines is 2. The second-order valence-corrected chi connectivity index (χ2v) is 18.7. The number of amides is 3. The summed E-state index contributed by atoms with van der Waals surface area (Å²) in [7, 11) is 10.1. The molecule has 0 radical (unpaired) electrons. The standard InChI is InChI=1S/C22H20N6O2.2C19H17N7O2/c1-14-9-15(11-23-10-14)17-5-4-6-19(25-17)22(29)26-20-13-28(2)27-21(20)18-8-7-16(30-3)12-24-18;1-26-11-17(18(25-26)15-7-6-13(28-2)10-20-15)24-19(27)16-5-3-4-14(23-16)12-8-21-22-9-12;1-26-11-17(18(25-26)15-7-6-12(28-2)10-20-15)23-19(27)16-5-3-4-13(22-16)14-8-9-21-24-14/h4-13H,1-3H3,(H,26,29);3-11H,1-2H3,(H,21,22)(H,24,27);3-11H,1-2H3,(H,21,24)(H,23,27). The Morgan fingerprint density at radius 2 is 0.895 bits per heavy atom. The maximum absolute atomic E-state index is 12.9. The number of anilines is 3. The minimum atomic E-state index is -0.343. The van der Waals surface area contributed by atoms with Gasteiger partial charge in [0.15, 0.2) is 0 Å². The highest BCUT2D eigenvalue weighted by atomic mass is 16.5. The fourth-order valence-electron chi connectivity index (χ4n) is 8.43. The normalized spacial score (nSPS) is 10.6. The molecule has 0 atom stereocenters. The summed E-state index contributed by atoms with van der Waals surface area (Å²) in [6.07, 6.45) is 18.5. The Morgan fingerprint density at radius 3 is 1.27 bits per heavy atom. The first kappa shape index (κ1) is 57.2. The molecular formula is C60H54N20O6. The summed E-state index contributed by atoms with van der Waals surface area (Å²) >= 11 is 0. The van der Waals surface area contributed by atoms with E-state index < -0.39 is 0 Å². The molecule has 12 aromatic rings. The van der Waals surface area contributed by atoms with Crippen LogP contribution in [-0.4, -0.2) is 124 Å². The Kier molecular flexibility index (Phi) is 17.4. The summed E-state index contributed by atoms with van der Waals surface area (Å²) in [6, 6.07) is 30.3. The number of H-pyrrole nitrogens is 2. The molecule has 0 aliphatic carbocycles. The number of aromatic nitrogens is 17. The molecule has 12 aromatic heterocycles. The molecule has 0 fully saturated rings. The van der Waals surface area contributed by atoms with Crippen LogP contribution in [0.2, 0.25) is 0 Å². The number of ether oxygens (including phenoxy) is 3. The Bertz CT molecular complexity index is 4100. The third kappa shape index (κ3) is 13.8. The summed E-state index contributed by atoms with van der Waals surface area (Å²) in [5, 5.41) is 35.3. The van der Waals surface area contributed by atoms with Crippen molar-refractivity contribution in [1.29, 1.82) is 0 Å². The van der Waals surface area contributed by atoms with Gasteiger partial charge < -0.3 is 30.2 Å². The number of hydrogen-bond donors (Lipinski definition) is 5. The maximum atomic E-state index is 12.9. The van der Waals surface area contributed by atoms with Crippen molar-refractivity contribution < 1.29 is 28.6 Å². The number of nitrogens with one attached hydrogen (secondary N) is 5. The predicted molar refractivity (Wildman–Crippen MR) is 319 cm³/mol. The lowest BCUT2D eigenvalue weighted by atomic mass is 10.1. The van der Waals surface area contributed by atoms with Crippen LogP contribution in [0.5, 0.6) is 17.2 Å². The van der Waals surface area contributed by atoms with Gasteiger partial charge in [-0.3, -0.25) is 58.6 Å². The van der Waals surface area contributed by atoms with Crippen molar-refractivity contribution in [3.63, 3.8) is 0 Å². The molecule has 0 unspecified atom stereocenters. The quantitative estimate of drug-likeness (QED) is 0.0641. The monoisotopic (exact) mass is 1150 g/mol. The third-order valence-corrected chi connectivity index (χ3v) is 12.6. The number of rotatable bonds is 15. The van der Waals surface area contributed by atoms with Gasteiger partial charge in [0, 0.05) is 75.6 Å². The van der Waals surface area contributed by atoms with Gasteiger partial charge in [0.2, 0.25) is 0 Å². The highest BCUT2D eigenvalue weighted by molar-refractivity contribution is 6.06. The second-order valence-electron chi connectivity index (χ2n) is 18.7. The number of hydrogen-bond acceptors (Lipinski definition) is 18. The summed E-state index contributed by atoms with van der Waals surface area (Å²) in [4.78, 5) is 69.0. The van der Waals surface area contributed by atoms with E-state index in [4.69, 9.17) is 14.2 Å². The third-order valence-electron chi connectivity index (χ3n) is 12.6. The van der Waals surface area contributed by atoms with Gasteiger partial charge in [-0.15, -0.1) is 0 Å². The van der Waals surface area contributed by atoms with Crippen molar-refractivity contribution >= 4 is 34.8 Å². The average Bonchev–Trinajstić information content (AvgIpc) is 3.67. The molecule has 12 rings (SSSR count). The molecule has 0 aliphatic heterocycles. The van der Waals surface area contributed by atoms with E-state index in [-0.39, 0.29) is 29.1 Å². The molecule has 3 amide bonds. The van der Waals surface area contributed by atoms with Crippen LogP contribution in [0.25, 0.3) is 68.1 Å². The molecular weight excluding hydrogens is 1100 g/mol. The first-order valence-electron chi connectivity index (χ1n) is 26.2. The van der Waals surface area contributed by atoms with Crippen LogP contribution >= 0.6 is 0 Å². The molecule has 26 nitrogen and oxygen atoms in total. The second kappa shape index (κ2) is 26.2. The van der Waals surface area contributed by atoms with Crippen molar-refractivity contribution in [1.82, 2.24) is 84.6 Å². The largest absolute Gasteiger partial charge is 0.495 e. The highest BCUT2D eigenvalue weighted by Crippen LogP contribution is 2.30. The lowest BCUT2D eigenvalue weighted by molar-refractivity contribution is 0.101. The number of carbonyl (C=O) groups excluding carboxylic acids is 3. The van der Waals surface area contributed by atoms with E-state index in [2.05, 4.69) is 86.5 Å². The van der Waals surface area contributed by atoms with Gasteiger partial charge in [0.05, 0.1) is 103 Å². The number of methoxy groups -OCH3 is 3. The van der Waals surface area contributed by atoms with Gasteiger partial charge in [0.25, 0.3) is 17.7 Å². The summed E-state index contributed by atoms with van der Waals surface area (Å²) in [6.45, 7) is 1.96. The molecule has 0 spiro atoms. The Hall–Kier alpha value is -12.1. The van der Waals surface area contributed by atoms with Crippen molar-refractivity contribution in [2.24, 2.45) is 21.1 Å². The van der Waals surface area contributed by atoms with Crippen molar-refractivity contribution in [2.75, 3.05) is 37.3 Å². The SMILES string of the molecule is COc1ccc(-c2nn(C)cc2NC(=O)c2cccc(-c3ccn[nH]3)n2)nc1.COc1ccc(-c2nn(C)cc2NC(=O)c2cccc(-c3cn[nH]c3)n2)nc1.COc1ccc(-c2nn(C)cc2NC(=O)c2cccc(-c3cncc(C)c3)n2)nc1. The van der Waals surface area contributed by atoms with E-state index in [9.17, 15) is 14.4 Å². The minimum absolute atomic E-state index is 0.282. The van der Waals surface area contributed by atoms with E-state index >= 15 is 0 Å². The van der Waals surface area contributed by atoms with Crippen molar-refractivity contribution in [3.8, 4) is 85.3 Å². The van der Waals surface area contributed by atoms with Gasteiger partial charge in [-0.2, -0.15) is 25.5 Å². The predicted octanol–water partition coefficient (Wildman–Crippen LogP) is 8.56. The van der Waals surface area contributed by atoms with Gasteiger partial charge in [-0.25, -0.2) is 15.0 Å². The number of aryl methyl sites for hydroxylation is 4. The highest BCUT2D eigenvalue weighted by Gasteiger charge is 2.20. The van der Waals surface area contributed by atoms with Gasteiger partial charge in [0.1, 0.15) is 51.4 Å². The van der Waals surface area contributed by atoms with Gasteiger partial charge in [-0.05, 0) is 97.4 Å². The van der Waals surface area contributed by atoms with Crippen LogP contribution in [0, 0.1) is 6.92 Å². The zero-order valence-electron chi connectivity index (χ0n) is 47.3. The van der Waals surface area contributed by atoms with Crippen LogP contribution in [0.4, 0.5) is 17.1 Å². The van der Waals surface area contributed by atoms with E-state index in [1.807, 2.05) is 25.1 Å². The molecule has 0 aliphatic rings. The van der Waals surface area contributed by atoms with Gasteiger partial charge >= 0.3 is 0 Å². The number of nitrogens with zero attached hydrogens (tertiary/aromatic N) is 15. The van der Waals surface area contributed by atoms with Crippen LogP contribution in [0.3, 0.4) is 0 Å². The lowest BCUT2D eigenvalue weighted by Gasteiger charge is -2.07. The molecule has 0 bridgehead atoms. The summed E-state index contributed by atoms with van der Waals surface area (Å²) in [5.74, 6) is 0.917. The molecule has 0 saturated heterocycles. The van der Waals surface area contributed by atoms with E-state index in [0.29, 0.717) is 91.2 Å². The number of pyridine rings is 7. The first-order valence-corrected chi connectivity index (χ1v) is 26.2.